The zero-order chi connectivity index (χ0) is 26.1. The summed E-state index contributed by atoms with van der Waals surface area (Å²) in [5.74, 6) is -1.93. The third-order valence-electron chi connectivity index (χ3n) is 7.25. The second-order valence-electron chi connectivity index (χ2n) is 10.0. The van der Waals surface area contributed by atoms with Gasteiger partial charge in [0.2, 0.25) is 0 Å². The first-order valence-corrected chi connectivity index (χ1v) is 12.9. The number of aromatic nitrogens is 5. The summed E-state index contributed by atoms with van der Waals surface area (Å²) in [6.07, 6.45) is 7.24. The van der Waals surface area contributed by atoms with E-state index in [0.717, 1.165) is 18.4 Å². The Morgan fingerprint density at radius 1 is 1.08 bits per heavy atom. The highest BCUT2D eigenvalue weighted by Gasteiger charge is 2.32. The Labute approximate surface area is 220 Å². The summed E-state index contributed by atoms with van der Waals surface area (Å²) in [5, 5.41) is 4.15. The van der Waals surface area contributed by atoms with E-state index in [9.17, 15) is 9.18 Å². The molecule has 196 valence electrons. The molecule has 0 amide bonds. The molecule has 3 aliphatic rings. The first kappa shape index (κ1) is 23.7. The van der Waals surface area contributed by atoms with E-state index in [1.165, 1.54) is 16.5 Å². The Kier molecular flexibility index (Phi) is 5.50. The highest BCUT2D eigenvalue weighted by atomic mass is 35.5. The zero-order valence-corrected chi connectivity index (χ0v) is 21.2. The van der Waals surface area contributed by atoms with Gasteiger partial charge in [0.15, 0.2) is 17.3 Å². The van der Waals surface area contributed by atoms with Crippen molar-refractivity contribution in [2.24, 2.45) is 0 Å². The molecule has 2 fully saturated rings. The van der Waals surface area contributed by atoms with Crippen LogP contribution in [0.2, 0.25) is 5.02 Å². The van der Waals surface area contributed by atoms with Crippen LogP contribution in [0.3, 0.4) is 0 Å². The van der Waals surface area contributed by atoms with Crippen LogP contribution in [0.25, 0.3) is 16.9 Å². The third kappa shape index (κ3) is 3.88. The van der Waals surface area contributed by atoms with Gasteiger partial charge in [-0.25, -0.2) is 18.7 Å². The van der Waals surface area contributed by atoms with Gasteiger partial charge < -0.3 is 14.4 Å². The van der Waals surface area contributed by atoms with Crippen molar-refractivity contribution in [2.75, 3.05) is 18.0 Å². The minimum Gasteiger partial charge on any atom is -0.370 e. The van der Waals surface area contributed by atoms with Gasteiger partial charge in [-0.15, -0.1) is 0 Å². The van der Waals surface area contributed by atoms with Gasteiger partial charge in [0.1, 0.15) is 17.6 Å². The minimum atomic E-state index is -1.19. The highest BCUT2D eigenvalue weighted by molar-refractivity contribution is 6.30. The maximum absolute atomic E-state index is 15.2. The van der Waals surface area contributed by atoms with E-state index in [-0.39, 0.29) is 52.9 Å². The first-order chi connectivity index (χ1) is 18.4. The predicted octanol–water partition coefficient (Wildman–Crippen LogP) is 4.22. The number of halogens is 3. The van der Waals surface area contributed by atoms with Crippen molar-refractivity contribution >= 4 is 23.1 Å². The van der Waals surface area contributed by atoms with Gasteiger partial charge in [-0.1, -0.05) is 11.6 Å². The number of hydrogen-bond acceptors (Lipinski definition) is 7. The van der Waals surface area contributed by atoms with Crippen molar-refractivity contribution in [3.05, 3.63) is 74.6 Å². The topological polar surface area (TPSA) is 86.8 Å². The molecule has 0 bridgehead atoms. The highest BCUT2D eigenvalue weighted by Crippen LogP contribution is 2.36. The Hall–Kier alpha value is -3.41. The van der Waals surface area contributed by atoms with Crippen LogP contribution in [0, 0.1) is 11.6 Å². The van der Waals surface area contributed by atoms with E-state index in [1.54, 1.807) is 6.20 Å². The van der Waals surface area contributed by atoms with Crippen LogP contribution in [0.15, 0.2) is 35.5 Å². The zero-order valence-electron chi connectivity index (χ0n) is 20.4. The molecule has 0 spiro atoms. The summed E-state index contributed by atoms with van der Waals surface area (Å²) in [7, 11) is 0. The molecule has 38 heavy (non-hydrogen) atoms. The molecule has 1 saturated carbocycles. The van der Waals surface area contributed by atoms with Crippen LogP contribution in [-0.4, -0.2) is 43.3 Å². The van der Waals surface area contributed by atoms with Gasteiger partial charge in [-0.05, 0) is 31.9 Å². The van der Waals surface area contributed by atoms with E-state index in [2.05, 4.69) is 10.1 Å². The van der Waals surface area contributed by atoms with Crippen molar-refractivity contribution < 1.29 is 18.3 Å². The standard InChI is InChI=1S/C26H23ClF2N6O3/c1-13-7-33(9-20(38-13)14-6-30-35(8-14)15-2-3-15)21-10-34-25(31-19-12-37-11-17(19)26(34)36)24(32-21)16-4-5-18(27)23(29)22(16)28/h4-6,8,10,13,15,20H,2-3,7,9,11-12H2,1H3/t13-,20-/m1/s1. The van der Waals surface area contributed by atoms with Crippen LogP contribution in [0.4, 0.5) is 14.6 Å². The molecule has 3 aromatic heterocycles. The monoisotopic (exact) mass is 540 g/mol. The summed E-state index contributed by atoms with van der Waals surface area (Å²) in [4.78, 5) is 24.7. The lowest BCUT2D eigenvalue weighted by atomic mass is 10.1. The normalized spacial score (nSPS) is 21.3. The van der Waals surface area contributed by atoms with E-state index in [4.69, 9.17) is 26.1 Å². The van der Waals surface area contributed by atoms with Crippen molar-refractivity contribution in [1.29, 1.82) is 0 Å². The largest absolute Gasteiger partial charge is 0.370 e. The van der Waals surface area contributed by atoms with Gasteiger partial charge >= 0.3 is 0 Å². The molecule has 1 aromatic carbocycles. The first-order valence-electron chi connectivity index (χ1n) is 12.5. The summed E-state index contributed by atoms with van der Waals surface area (Å²) >= 11 is 5.81. The predicted molar refractivity (Wildman–Crippen MR) is 134 cm³/mol. The Bertz CT molecular complexity index is 1650. The molecular weight excluding hydrogens is 518 g/mol. The summed E-state index contributed by atoms with van der Waals surface area (Å²) in [6, 6.07) is 3.06. The Morgan fingerprint density at radius 2 is 1.92 bits per heavy atom. The van der Waals surface area contributed by atoms with Gasteiger partial charge in [-0.3, -0.25) is 13.9 Å². The average molecular weight is 541 g/mol. The van der Waals surface area contributed by atoms with Crippen LogP contribution in [0.1, 0.15) is 48.7 Å². The van der Waals surface area contributed by atoms with Crippen LogP contribution >= 0.6 is 11.6 Å². The fraction of sp³-hybridized carbons (Fsp3) is 0.385. The molecule has 1 saturated heterocycles. The molecule has 2 atom stereocenters. The number of hydrogen-bond donors (Lipinski definition) is 0. The van der Waals surface area contributed by atoms with E-state index < -0.39 is 11.6 Å². The maximum Gasteiger partial charge on any atom is 0.263 e. The second-order valence-corrected chi connectivity index (χ2v) is 10.4. The molecule has 0 radical (unpaired) electrons. The van der Waals surface area contributed by atoms with Gasteiger partial charge in [0, 0.05) is 23.9 Å². The fourth-order valence-electron chi connectivity index (χ4n) is 5.15. The molecule has 0 N–H and O–H groups in total. The molecule has 9 nitrogen and oxygen atoms in total. The number of rotatable bonds is 4. The fourth-order valence-corrected chi connectivity index (χ4v) is 5.29. The number of morpholine rings is 1. The number of nitrogens with zero attached hydrogens (tertiary/aromatic N) is 6. The van der Waals surface area contributed by atoms with E-state index >= 15 is 4.39 Å². The minimum absolute atomic E-state index is 0.0413. The van der Waals surface area contributed by atoms with Crippen molar-refractivity contribution in [3.8, 4) is 11.3 Å². The Balaban J connectivity index is 1.37. The lowest BCUT2D eigenvalue weighted by Gasteiger charge is -2.37. The molecule has 12 heteroatoms. The number of fused-ring (bicyclic) bond motifs is 2. The maximum atomic E-state index is 15.2. The molecule has 2 aliphatic heterocycles. The van der Waals surface area contributed by atoms with Crippen LogP contribution in [0.5, 0.6) is 0 Å². The van der Waals surface area contributed by atoms with Crippen molar-refractivity contribution in [2.45, 2.75) is 51.2 Å². The third-order valence-corrected chi connectivity index (χ3v) is 7.54. The molecule has 0 unspecified atom stereocenters. The molecule has 1 aliphatic carbocycles. The quantitative estimate of drug-likeness (QED) is 0.358. The summed E-state index contributed by atoms with van der Waals surface area (Å²) in [6.45, 7) is 3.18. The van der Waals surface area contributed by atoms with Gasteiger partial charge in [0.05, 0.1) is 60.6 Å². The molecule has 5 heterocycles. The van der Waals surface area contributed by atoms with E-state index in [0.29, 0.717) is 36.2 Å². The van der Waals surface area contributed by atoms with Crippen molar-refractivity contribution in [1.82, 2.24) is 24.1 Å². The van der Waals surface area contributed by atoms with E-state index in [1.807, 2.05) is 28.9 Å². The molecule has 4 aromatic rings. The number of ether oxygens (including phenoxy) is 2. The number of benzene rings is 1. The Morgan fingerprint density at radius 3 is 2.74 bits per heavy atom. The lowest BCUT2D eigenvalue weighted by Crippen LogP contribution is -2.43. The average Bonchev–Trinajstić information content (AvgIpc) is 3.43. The molecule has 7 rings (SSSR count). The SMILES string of the molecule is C[C@@H]1CN(c2cn3c(=O)c4c(nc3c(-c3ccc(Cl)c(F)c3F)n2)COC4)C[C@H](c2cnn(C3CC3)c2)O1. The van der Waals surface area contributed by atoms with Crippen molar-refractivity contribution in [3.63, 3.8) is 0 Å². The van der Waals surface area contributed by atoms with Crippen LogP contribution in [-0.2, 0) is 22.7 Å². The van der Waals surface area contributed by atoms with Gasteiger partial charge in [0.25, 0.3) is 5.56 Å². The molecular formula is C26H23ClF2N6O3. The van der Waals surface area contributed by atoms with Crippen LogP contribution < -0.4 is 10.5 Å². The number of anilines is 1. The van der Waals surface area contributed by atoms with Gasteiger partial charge in [-0.2, -0.15) is 5.10 Å². The lowest BCUT2D eigenvalue weighted by molar-refractivity contribution is -0.0176. The smallest absolute Gasteiger partial charge is 0.263 e. The summed E-state index contributed by atoms with van der Waals surface area (Å²) in [5.41, 5.74) is 1.55. The summed E-state index contributed by atoms with van der Waals surface area (Å²) < 4.78 is 44.6. The second kappa shape index (κ2) is 8.82.